The van der Waals surface area contributed by atoms with Crippen molar-refractivity contribution in [3.63, 3.8) is 0 Å². The van der Waals surface area contributed by atoms with Crippen LogP contribution in [0.5, 0.6) is 11.6 Å². The van der Waals surface area contributed by atoms with E-state index in [1.807, 2.05) is 24.3 Å². The molecule has 0 aliphatic carbocycles. The van der Waals surface area contributed by atoms with E-state index in [0.29, 0.717) is 42.9 Å². The largest absolute Gasteiger partial charge is 0.495 e. The van der Waals surface area contributed by atoms with Gasteiger partial charge in [0.2, 0.25) is 5.88 Å². The Hall–Kier alpha value is -4.40. The molecule has 0 saturated carbocycles. The van der Waals surface area contributed by atoms with Crippen molar-refractivity contribution in [2.45, 2.75) is 13.2 Å². The fourth-order valence-corrected chi connectivity index (χ4v) is 4.55. The molecule has 196 valence electrons. The van der Waals surface area contributed by atoms with E-state index < -0.39 is 0 Å². The van der Waals surface area contributed by atoms with Gasteiger partial charge in [-0.05, 0) is 47.5 Å². The summed E-state index contributed by atoms with van der Waals surface area (Å²) in [6.07, 6.45) is 1.63. The van der Waals surface area contributed by atoms with Crippen LogP contribution in [0.25, 0.3) is 0 Å². The first kappa shape index (κ1) is 25.3. The van der Waals surface area contributed by atoms with Crippen LogP contribution < -0.4 is 14.4 Å². The summed E-state index contributed by atoms with van der Waals surface area (Å²) in [5, 5.41) is 4.48. The Bertz CT molecular complexity index is 1420. The van der Waals surface area contributed by atoms with Crippen LogP contribution in [0.2, 0.25) is 0 Å². The zero-order valence-electron chi connectivity index (χ0n) is 21.0. The van der Waals surface area contributed by atoms with Gasteiger partial charge in [0.05, 0.1) is 19.3 Å². The molecule has 0 unspecified atom stereocenters. The van der Waals surface area contributed by atoms with E-state index in [-0.39, 0.29) is 36.6 Å². The molecule has 1 fully saturated rings. The molecule has 0 radical (unpaired) electrons. The molecule has 0 atom stereocenters. The number of methoxy groups -OCH3 is 1. The maximum Gasteiger partial charge on any atom is 0.261 e. The van der Waals surface area contributed by atoms with Gasteiger partial charge in [-0.1, -0.05) is 36.4 Å². The number of carbonyl (C=O) groups is 1. The molecule has 1 aromatic heterocycles. The molecule has 2 heterocycles. The third-order valence-electron chi connectivity index (χ3n) is 6.45. The lowest BCUT2D eigenvalue weighted by Gasteiger charge is -2.36. The van der Waals surface area contributed by atoms with Crippen molar-refractivity contribution in [2.24, 2.45) is 0 Å². The molecule has 1 aliphatic rings. The minimum atomic E-state index is -0.369. The number of piperazine rings is 1. The van der Waals surface area contributed by atoms with Gasteiger partial charge in [0.1, 0.15) is 29.6 Å². The van der Waals surface area contributed by atoms with Crippen LogP contribution >= 0.6 is 0 Å². The van der Waals surface area contributed by atoms with Gasteiger partial charge in [0.15, 0.2) is 0 Å². The van der Waals surface area contributed by atoms with Crippen molar-refractivity contribution >= 4 is 11.6 Å². The van der Waals surface area contributed by atoms with E-state index in [1.165, 1.54) is 24.3 Å². The topological polar surface area (TPSA) is 59.8 Å². The summed E-state index contributed by atoms with van der Waals surface area (Å²) in [5.74, 6) is 0.0274. The number of aromatic nitrogens is 2. The fraction of sp³-hybridized carbons (Fsp3) is 0.241. The van der Waals surface area contributed by atoms with Crippen molar-refractivity contribution in [3.8, 4) is 11.6 Å². The molecular formula is C29H28F2N4O3. The summed E-state index contributed by atoms with van der Waals surface area (Å²) in [6.45, 7) is 2.62. The second kappa shape index (κ2) is 11.3. The number of hydrogen-bond acceptors (Lipinski definition) is 5. The normalized spacial score (nSPS) is 13.4. The third kappa shape index (κ3) is 5.77. The maximum atomic E-state index is 13.7. The van der Waals surface area contributed by atoms with E-state index in [9.17, 15) is 13.6 Å². The van der Waals surface area contributed by atoms with Crippen molar-refractivity contribution in [3.05, 3.63) is 107 Å². The Balaban J connectivity index is 1.34. The highest BCUT2D eigenvalue weighted by molar-refractivity contribution is 5.96. The first-order chi connectivity index (χ1) is 18.5. The number of hydrogen-bond donors (Lipinski definition) is 0. The van der Waals surface area contributed by atoms with Crippen LogP contribution in [0.3, 0.4) is 0 Å². The van der Waals surface area contributed by atoms with Gasteiger partial charge < -0.3 is 19.3 Å². The second-order valence-corrected chi connectivity index (χ2v) is 9.05. The average Bonchev–Trinajstić information content (AvgIpc) is 3.34. The summed E-state index contributed by atoms with van der Waals surface area (Å²) in [6, 6.07) is 20.1. The summed E-state index contributed by atoms with van der Waals surface area (Å²) in [5.41, 5.74) is 2.62. The molecule has 9 heteroatoms. The van der Waals surface area contributed by atoms with Crippen LogP contribution in [0.15, 0.2) is 79.0 Å². The zero-order valence-corrected chi connectivity index (χ0v) is 21.0. The molecular weight excluding hydrogens is 490 g/mol. The highest BCUT2D eigenvalue weighted by Gasteiger charge is 2.28. The summed E-state index contributed by atoms with van der Waals surface area (Å²) >= 11 is 0. The molecule has 0 spiro atoms. The SMILES string of the molecule is COc1ccccc1N1CCN(C(=O)c2cn(Cc3cccc(F)c3)nc2OCc2cccc(F)c2)CC1. The van der Waals surface area contributed by atoms with Crippen molar-refractivity contribution in [1.82, 2.24) is 14.7 Å². The quantitative estimate of drug-likeness (QED) is 0.337. The first-order valence-electron chi connectivity index (χ1n) is 12.4. The van der Waals surface area contributed by atoms with Gasteiger partial charge in [-0.3, -0.25) is 9.48 Å². The molecule has 0 bridgehead atoms. The monoisotopic (exact) mass is 518 g/mol. The van der Waals surface area contributed by atoms with Gasteiger partial charge in [-0.25, -0.2) is 8.78 Å². The second-order valence-electron chi connectivity index (χ2n) is 9.05. The summed E-state index contributed by atoms with van der Waals surface area (Å²) in [4.78, 5) is 17.6. The zero-order chi connectivity index (χ0) is 26.5. The van der Waals surface area contributed by atoms with E-state index in [0.717, 1.165) is 11.4 Å². The number of benzene rings is 3. The average molecular weight is 519 g/mol. The number of para-hydroxylation sites is 2. The fourth-order valence-electron chi connectivity index (χ4n) is 4.55. The molecule has 3 aromatic carbocycles. The Morgan fingerprint density at radius 3 is 2.29 bits per heavy atom. The van der Waals surface area contributed by atoms with E-state index in [4.69, 9.17) is 9.47 Å². The standard InChI is InChI=1S/C29H28F2N4O3/c1-37-27-11-3-2-10-26(27)33-12-14-34(15-13-33)29(36)25-19-35(18-21-6-4-8-23(30)16-21)32-28(25)38-20-22-7-5-9-24(31)17-22/h2-11,16-17,19H,12-15,18,20H2,1H3. The van der Waals surface area contributed by atoms with E-state index >= 15 is 0 Å². The number of halogens is 2. The van der Waals surface area contributed by atoms with Crippen LogP contribution in [0, 0.1) is 11.6 Å². The lowest BCUT2D eigenvalue weighted by atomic mass is 10.2. The minimum Gasteiger partial charge on any atom is -0.495 e. The molecule has 5 rings (SSSR count). The molecule has 4 aromatic rings. The molecule has 7 nitrogen and oxygen atoms in total. The van der Waals surface area contributed by atoms with Gasteiger partial charge in [0, 0.05) is 32.4 Å². The van der Waals surface area contributed by atoms with E-state index in [1.54, 1.807) is 47.2 Å². The smallest absolute Gasteiger partial charge is 0.261 e. The van der Waals surface area contributed by atoms with E-state index in [2.05, 4.69) is 10.00 Å². The number of nitrogens with zero attached hydrogens (tertiary/aromatic N) is 4. The van der Waals surface area contributed by atoms with Crippen molar-refractivity contribution in [2.75, 3.05) is 38.2 Å². The van der Waals surface area contributed by atoms with Gasteiger partial charge in [-0.15, -0.1) is 5.10 Å². The molecule has 1 amide bonds. The minimum absolute atomic E-state index is 0.0522. The predicted octanol–water partition coefficient (Wildman–Crippen LogP) is 4.76. The first-order valence-corrected chi connectivity index (χ1v) is 12.4. The number of rotatable bonds is 8. The van der Waals surface area contributed by atoms with Gasteiger partial charge in [0.25, 0.3) is 5.91 Å². The Morgan fingerprint density at radius 1 is 0.895 bits per heavy atom. The lowest BCUT2D eigenvalue weighted by Crippen LogP contribution is -2.48. The molecule has 38 heavy (non-hydrogen) atoms. The van der Waals surface area contributed by atoms with Crippen LogP contribution in [0.4, 0.5) is 14.5 Å². The lowest BCUT2D eigenvalue weighted by molar-refractivity contribution is 0.0741. The summed E-state index contributed by atoms with van der Waals surface area (Å²) < 4.78 is 40.3. The third-order valence-corrected chi connectivity index (χ3v) is 6.45. The Morgan fingerprint density at radius 2 is 1.58 bits per heavy atom. The van der Waals surface area contributed by atoms with Gasteiger partial charge in [-0.2, -0.15) is 0 Å². The van der Waals surface area contributed by atoms with Crippen molar-refractivity contribution < 1.29 is 23.0 Å². The molecule has 1 saturated heterocycles. The molecule has 0 N–H and O–H groups in total. The highest BCUT2D eigenvalue weighted by atomic mass is 19.1. The Kier molecular flexibility index (Phi) is 7.53. The number of carbonyl (C=O) groups excluding carboxylic acids is 1. The maximum absolute atomic E-state index is 13.7. The summed E-state index contributed by atoms with van der Waals surface area (Å²) in [7, 11) is 1.64. The number of amides is 1. The number of ether oxygens (including phenoxy) is 2. The highest BCUT2D eigenvalue weighted by Crippen LogP contribution is 2.29. The van der Waals surface area contributed by atoms with Crippen LogP contribution in [-0.4, -0.2) is 53.9 Å². The number of anilines is 1. The van der Waals surface area contributed by atoms with Crippen LogP contribution in [-0.2, 0) is 13.2 Å². The molecule has 1 aliphatic heterocycles. The van der Waals surface area contributed by atoms with Crippen molar-refractivity contribution in [1.29, 1.82) is 0 Å². The Labute approximate surface area is 219 Å². The van der Waals surface area contributed by atoms with Crippen LogP contribution in [0.1, 0.15) is 21.5 Å². The van der Waals surface area contributed by atoms with Gasteiger partial charge >= 0.3 is 0 Å². The predicted molar refractivity (Wildman–Crippen MR) is 140 cm³/mol.